The average Bonchev–Trinajstić information content (AvgIpc) is 2.99. The summed E-state index contributed by atoms with van der Waals surface area (Å²) in [5, 5.41) is 11.9. The summed E-state index contributed by atoms with van der Waals surface area (Å²) in [7, 11) is 1.61. The van der Waals surface area contributed by atoms with Gasteiger partial charge in [-0.25, -0.2) is 0 Å². The summed E-state index contributed by atoms with van der Waals surface area (Å²) in [4.78, 5) is 12.5. The number of methoxy groups -OCH3 is 1. The second-order valence-corrected chi connectivity index (χ2v) is 8.49. The Balaban J connectivity index is 1.65. The van der Waals surface area contributed by atoms with Crippen molar-refractivity contribution in [1.29, 1.82) is 0 Å². The lowest BCUT2D eigenvalue weighted by Crippen LogP contribution is -2.32. The Morgan fingerprint density at radius 3 is 3.04 bits per heavy atom. The number of hydrogen-bond donors (Lipinski definition) is 1. The molecular weight excluding hydrogens is 346 g/mol. The molecule has 0 fully saturated rings. The number of aromatic nitrogens is 2. The van der Waals surface area contributed by atoms with Gasteiger partial charge in [0.25, 0.3) is 0 Å². The van der Waals surface area contributed by atoms with E-state index in [1.807, 2.05) is 18.2 Å². The van der Waals surface area contributed by atoms with E-state index in [1.165, 1.54) is 11.3 Å². The van der Waals surface area contributed by atoms with E-state index in [-0.39, 0.29) is 11.8 Å². The number of thioether (sulfide) groups is 1. The first kappa shape index (κ1) is 17.0. The van der Waals surface area contributed by atoms with Gasteiger partial charge in [-0.3, -0.25) is 4.79 Å². The molecule has 1 amide bonds. The molecule has 0 saturated carbocycles. The molecule has 1 unspecified atom stereocenters. The van der Waals surface area contributed by atoms with Crippen LogP contribution in [0.1, 0.15) is 19.4 Å². The van der Waals surface area contributed by atoms with Crippen LogP contribution in [0.5, 0.6) is 11.5 Å². The second kappa shape index (κ2) is 7.40. The molecular formula is C16H19N3O3S2. The van der Waals surface area contributed by atoms with Gasteiger partial charge in [-0.15, -0.1) is 10.2 Å². The zero-order valence-corrected chi connectivity index (χ0v) is 15.4. The average molecular weight is 365 g/mol. The van der Waals surface area contributed by atoms with Crippen molar-refractivity contribution in [1.82, 2.24) is 10.2 Å². The summed E-state index contributed by atoms with van der Waals surface area (Å²) in [6, 6.07) is 5.72. The lowest BCUT2D eigenvalue weighted by atomic mass is 9.96. The van der Waals surface area contributed by atoms with Gasteiger partial charge in [-0.1, -0.05) is 49.1 Å². The highest BCUT2D eigenvalue weighted by molar-refractivity contribution is 8.01. The maximum Gasteiger partial charge on any atom is 0.233 e. The molecule has 0 radical (unpaired) electrons. The highest BCUT2D eigenvalue weighted by Crippen LogP contribution is 2.36. The van der Waals surface area contributed by atoms with Gasteiger partial charge in [-0.05, 0) is 18.1 Å². The van der Waals surface area contributed by atoms with E-state index in [2.05, 4.69) is 29.4 Å². The molecule has 1 N–H and O–H groups in total. The van der Waals surface area contributed by atoms with Crippen LogP contribution in [0, 0.1) is 5.92 Å². The fourth-order valence-electron chi connectivity index (χ4n) is 2.44. The highest BCUT2D eigenvalue weighted by Gasteiger charge is 2.28. The first-order chi connectivity index (χ1) is 11.6. The maximum atomic E-state index is 12.5. The summed E-state index contributed by atoms with van der Waals surface area (Å²) in [5.41, 5.74) is 0.981. The molecule has 6 nitrogen and oxygen atoms in total. The number of anilines is 1. The fourth-order valence-corrected chi connectivity index (χ4v) is 4.42. The number of fused-ring (bicyclic) bond motifs is 1. The first-order valence-corrected chi connectivity index (χ1v) is 9.36. The first-order valence-electron chi connectivity index (χ1n) is 7.66. The monoisotopic (exact) mass is 365 g/mol. The third-order valence-corrected chi connectivity index (χ3v) is 5.45. The number of para-hydroxylation sites is 1. The molecule has 128 valence electrons. The Labute approximate surface area is 149 Å². The molecule has 1 aromatic carbocycles. The molecule has 1 aliphatic rings. The van der Waals surface area contributed by atoms with E-state index in [9.17, 15) is 4.79 Å². The Hall–Kier alpha value is -1.80. The fraction of sp³-hybridized carbons (Fsp3) is 0.438. The number of carbonyl (C=O) groups is 1. The van der Waals surface area contributed by atoms with Crippen LogP contribution in [-0.2, 0) is 11.2 Å². The van der Waals surface area contributed by atoms with Crippen LogP contribution >= 0.6 is 23.1 Å². The number of carbonyl (C=O) groups excluding carboxylic acids is 1. The molecule has 2 aromatic rings. The second-order valence-electron chi connectivity index (χ2n) is 5.69. The SMILES string of the molecule is COc1cccc2c1OCC(C(=O)Nc1nnc(SC(C)C)s1)C2. The minimum absolute atomic E-state index is 0.0966. The predicted octanol–water partition coefficient (Wildman–Crippen LogP) is 3.24. The van der Waals surface area contributed by atoms with Crippen LogP contribution in [-0.4, -0.2) is 35.1 Å². The van der Waals surface area contributed by atoms with E-state index in [1.54, 1.807) is 18.9 Å². The quantitative estimate of drug-likeness (QED) is 0.648. The van der Waals surface area contributed by atoms with Crippen molar-refractivity contribution in [3.8, 4) is 11.5 Å². The van der Waals surface area contributed by atoms with Crippen molar-refractivity contribution in [2.45, 2.75) is 29.9 Å². The predicted molar refractivity (Wildman–Crippen MR) is 95.2 cm³/mol. The van der Waals surface area contributed by atoms with Gasteiger partial charge >= 0.3 is 0 Å². The topological polar surface area (TPSA) is 73.3 Å². The number of benzene rings is 1. The van der Waals surface area contributed by atoms with Crippen molar-refractivity contribution in [2.75, 3.05) is 19.0 Å². The Morgan fingerprint density at radius 1 is 1.46 bits per heavy atom. The van der Waals surface area contributed by atoms with Crippen molar-refractivity contribution in [3.05, 3.63) is 23.8 Å². The van der Waals surface area contributed by atoms with Crippen LogP contribution < -0.4 is 14.8 Å². The highest BCUT2D eigenvalue weighted by atomic mass is 32.2. The Kier molecular flexibility index (Phi) is 5.25. The van der Waals surface area contributed by atoms with Gasteiger partial charge in [0.1, 0.15) is 6.61 Å². The van der Waals surface area contributed by atoms with Crippen LogP contribution in [0.15, 0.2) is 22.5 Å². The minimum atomic E-state index is -0.255. The summed E-state index contributed by atoms with van der Waals surface area (Å²) in [6.45, 7) is 4.51. The zero-order valence-electron chi connectivity index (χ0n) is 13.7. The maximum absolute atomic E-state index is 12.5. The van der Waals surface area contributed by atoms with Gasteiger partial charge < -0.3 is 14.8 Å². The van der Waals surface area contributed by atoms with Gasteiger partial charge in [0.15, 0.2) is 15.8 Å². The largest absolute Gasteiger partial charge is 0.493 e. The van der Waals surface area contributed by atoms with E-state index >= 15 is 0 Å². The summed E-state index contributed by atoms with van der Waals surface area (Å²) >= 11 is 3.02. The molecule has 0 aliphatic carbocycles. The van der Waals surface area contributed by atoms with Crippen LogP contribution in [0.3, 0.4) is 0 Å². The van der Waals surface area contributed by atoms with E-state index < -0.39 is 0 Å². The standard InChI is InChI=1S/C16H19N3O3S2/c1-9(2)23-16-19-18-15(24-16)17-14(20)11-7-10-5-4-6-12(21-3)13(10)22-8-11/h4-6,9,11H,7-8H2,1-3H3,(H,17,18,20). The lowest BCUT2D eigenvalue weighted by Gasteiger charge is -2.25. The third kappa shape index (κ3) is 3.81. The summed E-state index contributed by atoms with van der Waals surface area (Å²) < 4.78 is 11.9. The van der Waals surface area contributed by atoms with Crippen molar-refractivity contribution >= 4 is 34.1 Å². The Bertz CT molecular complexity index is 733. The molecule has 3 rings (SSSR count). The number of hydrogen-bond acceptors (Lipinski definition) is 7. The van der Waals surface area contributed by atoms with E-state index in [0.29, 0.717) is 29.2 Å². The Morgan fingerprint density at radius 2 is 2.29 bits per heavy atom. The lowest BCUT2D eigenvalue weighted by molar-refractivity contribution is -0.121. The number of amides is 1. The van der Waals surface area contributed by atoms with Gasteiger partial charge in [0.2, 0.25) is 11.0 Å². The molecule has 24 heavy (non-hydrogen) atoms. The van der Waals surface area contributed by atoms with E-state index in [0.717, 1.165) is 15.7 Å². The molecule has 8 heteroatoms. The van der Waals surface area contributed by atoms with Gasteiger partial charge in [0, 0.05) is 5.25 Å². The normalized spacial score (nSPS) is 16.4. The van der Waals surface area contributed by atoms with Crippen molar-refractivity contribution in [3.63, 3.8) is 0 Å². The van der Waals surface area contributed by atoms with Crippen molar-refractivity contribution in [2.24, 2.45) is 5.92 Å². The molecule has 1 aliphatic heterocycles. The smallest absolute Gasteiger partial charge is 0.233 e. The summed E-state index contributed by atoms with van der Waals surface area (Å²) in [5.74, 6) is 1.08. The third-order valence-electron chi connectivity index (χ3n) is 3.52. The molecule has 0 saturated heterocycles. The zero-order chi connectivity index (χ0) is 17.1. The van der Waals surface area contributed by atoms with Gasteiger partial charge in [-0.2, -0.15) is 0 Å². The number of ether oxygens (including phenoxy) is 2. The molecule has 1 aromatic heterocycles. The van der Waals surface area contributed by atoms with Crippen LogP contribution in [0.2, 0.25) is 0 Å². The summed E-state index contributed by atoms with van der Waals surface area (Å²) in [6.07, 6.45) is 0.616. The van der Waals surface area contributed by atoms with Crippen LogP contribution in [0.4, 0.5) is 5.13 Å². The molecule has 1 atom stereocenters. The number of nitrogens with zero attached hydrogens (tertiary/aromatic N) is 2. The van der Waals surface area contributed by atoms with Crippen LogP contribution in [0.25, 0.3) is 0 Å². The molecule has 2 heterocycles. The molecule has 0 spiro atoms. The minimum Gasteiger partial charge on any atom is -0.493 e. The molecule has 0 bridgehead atoms. The number of rotatable bonds is 5. The number of nitrogens with one attached hydrogen (secondary N) is 1. The van der Waals surface area contributed by atoms with E-state index in [4.69, 9.17) is 9.47 Å². The van der Waals surface area contributed by atoms with Gasteiger partial charge in [0.05, 0.1) is 13.0 Å². The van der Waals surface area contributed by atoms with Crippen molar-refractivity contribution < 1.29 is 14.3 Å².